The lowest BCUT2D eigenvalue weighted by Crippen LogP contribution is -2.35. The van der Waals surface area contributed by atoms with Crippen LogP contribution in [0.1, 0.15) is 65.3 Å². The average Bonchev–Trinajstić information content (AvgIpc) is 2.88. The van der Waals surface area contributed by atoms with E-state index >= 15 is 0 Å². The predicted octanol–water partition coefficient (Wildman–Crippen LogP) is 3.61. The lowest BCUT2D eigenvalue weighted by atomic mass is 10.2. The second-order valence-corrected chi connectivity index (χ2v) is 8.01. The molecule has 1 aliphatic rings. The number of carbonyl (C=O) groups excluding carboxylic acids is 2. The van der Waals surface area contributed by atoms with Crippen LogP contribution >= 0.6 is 0 Å². The number of hydrogen-bond acceptors (Lipinski definition) is 5. The molecule has 0 N–H and O–H groups in total. The topological polar surface area (TPSA) is 67.7 Å². The van der Waals surface area contributed by atoms with Crippen molar-refractivity contribution in [2.24, 2.45) is 0 Å². The van der Waals surface area contributed by atoms with E-state index in [9.17, 15) is 9.59 Å². The van der Waals surface area contributed by atoms with Gasteiger partial charge in [0.15, 0.2) is 0 Å². The highest BCUT2D eigenvalue weighted by Crippen LogP contribution is 2.22. The smallest absolute Gasteiger partial charge is 0.339 e. The van der Waals surface area contributed by atoms with Gasteiger partial charge < -0.3 is 19.1 Å². The molecule has 7 heteroatoms. The maximum absolute atomic E-state index is 13.2. The fourth-order valence-corrected chi connectivity index (χ4v) is 4.22. The van der Waals surface area contributed by atoms with Gasteiger partial charge in [-0.15, -0.1) is 0 Å². The van der Waals surface area contributed by atoms with Crippen LogP contribution in [-0.2, 0) is 4.74 Å². The molecule has 0 aliphatic carbocycles. The number of aromatic nitrogens is 2. The number of aryl methyl sites for hydroxylation is 1. The van der Waals surface area contributed by atoms with Crippen molar-refractivity contribution in [3.05, 3.63) is 46.9 Å². The number of nitrogens with zero attached hydrogens (tertiary/aromatic N) is 4. The second-order valence-electron chi connectivity index (χ2n) is 8.01. The molecule has 162 valence electrons. The summed E-state index contributed by atoms with van der Waals surface area (Å²) in [4.78, 5) is 33.6. The van der Waals surface area contributed by atoms with Crippen LogP contribution in [0.15, 0.2) is 24.4 Å². The molecule has 1 saturated heterocycles. The van der Waals surface area contributed by atoms with Crippen LogP contribution in [-0.4, -0.2) is 59.1 Å². The Bertz CT molecular complexity index is 902. The normalized spacial score (nSPS) is 14.7. The van der Waals surface area contributed by atoms with Crippen molar-refractivity contribution in [2.75, 3.05) is 37.7 Å². The van der Waals surface area contributed by atoms with Gasteiger partial charge in [-0.1, -0.05) is 0 Å². The van der Waals surface area contributed by atoms with E-state index in [4.69, 9.17) is 4.74 Å². The Balaban J connectivity index is 1.69. The molecule has 0 atom stereocenters. The first kappa shape index (κ1) is 21.9. The van der Waals surface area contributed by atoms with Gasteiger partial charge in [-0.3, -0.25) is 4.79 Å². The number of rotatable bonds is 5. The van der Waals surface area contributed by atoms with Crippen LogP contribution in [0.25, 0.3) is 0 Å². The summed E-state index contributed by atoms with van der Waals surface area (Å²) in [5.41, 5.74) is 3.40. The van der Waals surface area contributed by atoms with Crippen molar-refractivity contribution in [3.63, 3.8) is 0 Å². The fourth-order valence-electron chi connectivity index (χ4n) is 4.22. The average molecular weight is 413 g/mol. The molecule has 0 aromatic carbocycles. The van der Waals surface area contributed by atoms with Crippen molar-refractivity contribution in [2.45, 2.75) is 47.1 Å². The maximum Gasteiger partial charge on any atom is 0.339 e. The Kier molecular flexibility index (Phi) is 6.80. The van der Waals surface area contributed by atoms with E-state index < -0.39 is 0 Å². The lowest BCUT2D eigenvalue weighted by Gasteiger charge is -2.23. The van der Waals surface area contributed by atoms with Crippen LogP contribution in [0.5, 0.6) is 0 Å². The Morgan fingerprint density at radius 2 is 1.90 bits per heavy atom. The van der Waals surface area contributed by atoms with E-state index in [1.807, 2.05) is 24.0 Å². The number of hydrogen-bond donors (Lipinski definition) is 0. The highest BCUT2D eigenvalue weighted by atomic mass is 16.5. The van der Waals surface area contributed by atoms with E-state index in [2.05, 4.69) is 35.2 Å². The highest BCUT2D eigenvalue weighted by Gasteiger charge is 2.25. The van der Waals surface area contributed by atoms with Crippen molar-refractivity contribution >= 4 is 17.7 Å². The molecule has 3 heterocycles. The molecule has 0 radical (unpaired) electrons. The van der Waals surface area contributed by atoms with Crippen LogP contribution in [0.2, 0.25) is 0 Å². The number of esters is 1. The molecule has 1 amide bonds. The molecule has 0 unspecified atom stereocenters. The first-order chi connectivity index (χ1) is 14.3. The summed E-state index contributed by atoms with van der Waals surface area (Å²) in [6.45, 7) is 13.4. The molecule has 2 aromatic rings. The first-order valence-corrected chi connectivity index (χ1v) is 10.7. The van der Waals surface area contributed by atoms with Gasteiger partial charge in [-0.05, 0) is 59.2 Å². The minimum absolute atomic E-state index is 0.0995. The molecule has 1 fully saturated rings. The van der Waals surface area contributed by atoms with Gasteiger partial charge in [-0.25, -0.2) is 9.78 Å². The monoisotopic (exact) mass is 412 g/mol. The van der Waals surface area contributed by atoms with E-state index in [0.717, 1.165) is 42.3 Å². The summed E-state index contributed by atoms with van der Waals surface area (Å²) >= 11 is 0. The van der Waals surface area contributed by atoms with Crippen molar-refractivity contribution < 1.29 is 14.3 Å². The largest absolute Gasteiger partial charge is 0.462 e. The highest BCUT2D eigenvalue weighted by molar-refractivity contribution is 5.95. The van der Waals surface area contributed by atoms with Crippen LogP contribution in [0.4, 0.5) is 5.82 Å². The standard InChI is InChI=1S/C23H32N4O3/c1-6-30-23(29)19-8-9-21(24-15-19)25-10-7-11-26(13-12-25)22(28)20-14-17(4)27(16(2)3)18(20)5/h8-9,14-16H,6-7,10-13H2,1-5H3. The van der Waals surface area contributed by atoms with Crippen LogP contribution in [0.3, 0.4) is 0 Å². The fraction of sp³-hybridized carbons (Fsp3) is 0.522. The lowest BCUT2D eigenvalue weighted by molar-refractivity contribution is 0.0525. The Hall–Kier alpha value is -2.83. The summed E-state index contributed by atoms with van der Waals surface area (Å²) < 4.78 is 7.23. The van der Waals surface area contributed by atoms with E-state index in [-0.39, 0.29) is 11.9 Å². The molecule has 30 heavy (non-hydrogen) atoms. The molecule has 1 aliphatic heterocycles. The van der Waals surface area contributed by atoms with Gasteiger partial charge in [-0.2, -0.15) is 0 Å². The summed E-state index contributed by atoms with van der Waals surface area (Å²) in [5, 5.41) is 0. The molecular formula is C23H32N4O3. The third-order valence-corrected chi connectivity index (χ3v) is 5.60. The molecule has 7 nitrogen and oxygen atoms in total. The minimum atomic E-state index is -0.358. The quantitative estimate of drug-likeness (QED) is 0.702. The molecule has 3 rings (SSSR count). The third kappa shape index (κ3) is 4.50. The summed E-state index contributed by atoms with van der Waals surface area (Å²) in [6.07, 6.45) is 2.43. The van der Waals surface area contributed by atoms with Gasteiger partial charge in [0.2, 0.25) is 0 Å². The van der Waals surface area contributed by atoms with E-state index in [1.165, 1.54) is 0 Å². The van der Waals surface area contributed by atoms with E-state index in [1.54, 1.807) is 19.2 Å². The van der Waals surface area contributed by atoms with Gasteiger partial charge in [0.25, 0.3) is 5.91 Å². The zero-order chi connectivity index (χ0) is 21.8. The maximum atomic E-state index is 13.2. The minimum Gasteiger partial charge on any atom is -0.462 e. The van der Waals surface area contributed by atoms with Gasteiger partial charge in [0.05, 0.1) is 17.7 Å². The van der Waals surface area contributed by atoms with Crippen molar-refractivity contribution in [3.8, 4) is 0 Å². The number of carbonyl (C=O) groups is 2. The number of pyridine rings is 1. The second kappa shape index (κ2) is 9.32. The van der Waals surface area contributed by atoms with Gasteiger partial charge in [0, 0.05) is 49.8 Å². The number of ether oxygens (including phenoxy) is 1. The van der Waals surface area contributed by atoms with Gasteiger partial charge in [0.1, 0.15) is 5.82 Å². The summed E-state index contributed by atoms with van der Waals surface area (Å²) in [5.74, 6) is 0.556. The zero-order valence-corrected chi connectivity index (χ0v) is 18.6. The molecule has 0 saturated carbocycles. The Morgan fingerprint density at radius 1 is 1.13 bits per heavy atom. The summed E-state index contributed by atoms with van der Waals surface area (Å²) in [6, 6.07) is 5.93. The van der Waals surface area contributed by atoms with Crippen molar-refractivity contribution in [1.29, 1.82) is 0 Å². The number of amides is 1. The number of anilines is 1. The van der Waals surface area contributed by atoms with E-state index in [0.29, 0.717) is 31.3 Å². The predicted molar refractivity (Wildman–Crippen MR) is 117 cm³/mol. The first-order valence-electron chi connectivity index (χ1n) is 10.7. The summed E-state index contributed by atoms with van der Waals surface area (Å²) in [7, 11) is 0. The van der Waals surface area contributed by atoms with Gasteiger partial charge >= 0.3 is 5.97 Å². The molecule has 0 bridgehead atoms. The molecular weight excluding hydrogens is 380 g/mol. The molecule has 0 spiro atoms. The SMILES string of the molecule is CCOC(=O)c1ccc(N2CCCN(C(=O)c3cc(C)n(C(C)C)c3C)CC2)nc1. The van der Waals surface area contributed by atoms with Crippen LogP contribution < -0.4 is 4.90 Å². The molecule has 2 aromatic heterocycles. The van der Waals surface area contributed by atoms with Crippen molar-refractivity contribution in [1.82, 2.24) is 14.5 Å². The Labute approximate surface area is 178 Å². The zero-order valence-electron chi connectivity index (χ0n) is 18.6. The van der Waals surface area contributed by atoms with Crippen LogP contribution in [0, 0.1) is 13.8 Å². The Morgan fingerprint density at radius 3 is 2.50 bits per heavy atom. The third-order valence-electron chi connectivity index (χ3n) is 5.60.